The van der Waals surface area contributed by atoms with Gasteiger partial charge in [-0.3, -0.25) is 14.4 Å². The monoisotopic (exact) mass is 596 g/mol. The van der Waals surface area contributed by atoms with Gasteiger partial charge in [0.05, 0.1) is 0 Å². The minimum Gasteiger partial charge on any atom is -0.489 e. The first-order chi connectivity index (χ1) is 20.2. The lowest BCUT2D eigenvalue weighted by Gasteiger charge is -2.29. The molecule has 5 N–H and O–H groups in total. The molecule has 0 aliphatic heterocycles. The Morgan fingerprint density at radius 1 is 0.814 bits per heavy atom. The van der Waals surface area contributed by atoms with Crippen LogP contribution in [-0.2, 0) is 32.1 Å². The molecule has 0 aliphatic carbocycles. The standard InChI is InChI=1S/C33H48N4O6/c1-8-22(4)28(31(40)35-26(29(34)38)18-21(2)3)37-30(39)27(36-32(41)43-33(5,6)7)19-23-14-16-25(17-15-23)42-20-24-12-10-9-11-13-24/h9-17,21-22,26-28H,8,18-20H2,1-7H3,(H2,34,38)(H,35,40)(H,36,41)(H,37,39)/t22-,26-,27-,28-/m0/s1. The molecule has 0 radical (unpaired) electrons. The summed E-state index contributed by atoms with van der Waals surface area (Å²) in [5, 5.41) is 8.17. The van der Waals surface area contributed by atoms with Gasteiger partial charge in [-0.2, -0.15) is 0 Å². The van der Waals surface area contributed by atoms with E-state index in [2.05, 4.69) is 16.0 Å². The van der Waals surface area contributed by atoms with Crippen molar-refractivity contribution in [1.29, 1.82) is 0 Å². The van der Waals surface area contributed by atoms with Gasteiger partial charge in [0, 0.05) is 6.42 Å². The average molecular weight is 597 g/mol. The van der Waals surface area contributed by atoms with E-state index < -0.39 is 47.5 Å². The minimum atomic E-state index is -1.05. The van der Waals surface area contributed by atoms with Crippen molar-refractivity contribution in [3.63, 3.8) is 0 Å². The van der Waals surface area contributed by atoms with Crippen molar-refractivity contribution in [3.8, 4) is 5.75 Å². The Bertz CT molecular complexity index is 1190. The highest BCUT2D eigenvalue weighted by Gasteiger charge is 2.33. The molecule has 0 aromatic heterocycles. The SMILES string of the molecule is CC[C@H](C)[C@H](NC(=O)[C@H](Cc1ccc(OCc2ccccc2)cc1)NC(=O)OC(C)(C)C)C(=O)N[C@@H](CC(C)C)C(N)=O. The largest absolute Gasteiger partial charge is 0.489 e. The number of primary amides is 1. The van der Waals surface area contributed by atoms with Gasteiger partial charge in [-0.05, 0) is 62.3 Å². The number of rotatable bonds is 15. The zero-order valence-electron chi connectivity index (χ0n) is 26.4. The Kier molecular flexibility index (Phi) is 13.5. The molecule has 0 spiro atoms. The molecule has 0 bridgehead atoms. The van der Waals surface area contributed by atoms with E-state index in [1.807, 2.05) is 70.2 Å². The Labute approximate surface area is 255 Å². The molecule has 43 heavy (non-hydrogen) atoms. The molecule has 0 unspecified atom stereocenters. The molecular weight excluding hydrogens is 548 g/mol. The van der Waals surface area contributed by atoms with Gasteiger partial charge in [-0.15, -0.1) is 0 Å². The van der Waals surface area contributed by atoms with Crippen molar-refractivity contribution in [2.24, 2.45) is 17.6 Å². The molecule has 2 aromatic carbocycles. The van der Waals surface area contributed by atoms with Gasteiger partial charge >= 0.3 is 6.09 Å². The number of alkyl carbamates (subject to hydrolysis) is 1. The highest BCUT2D eigenvalue weighted by atomic mass is 16.6. The van der Waals surface area contributed by atoms with Gasteiger partial charge in [0.15, 0.2) is 0 Å². The van der Waals surface area contributed by atoms with E-state index in [-0.39, 0.29) is 18.3 Å². The fourth-order valence-corrected chi connectivity index (χ4v) is 4.29. The smallest absolute Gasteiger partial charge is 0.408 e. The minimum absolute atomic E-state index is 0.118. The molecule has 236 valence electrons. The fourth-order valence-electron chi connectivity index (χ4n) is 4.29. The summed E-state index contributed by atoms with van der Waals surface area (Å²) in [7, 11) is 0. The van der Waals surface area contributed by atoms with Crippen molar-refractivity contribution < 1.29 is 28.7 Å². The van der Waals surface area contributed by atoms with Crippen molar-refractivity contribution in [2.75, 3.05) is 0 Å². The molecule has 2 aromatic rings. The number of nitrogens with two attached hydrogens (primary N) is 1. The van der Waals surface area contributed by atoms with Gasteiger partial charge in [-0.25, -0.2) is 4.79 Å². The second-order valence-corrected chi connectivity index (χ2v) is 12.3. The number of ether oxygens (including phenoxy) is 2. The highest BCUT2D eigenvalue weighted by Crippen LogP contribution is 2.17. The fraction of sp³-hybridized carbons (Fsp3) is 0.515. The van der Waals surface area contributed by atoms with E-state index in [1.165, 1.54) is 0 Å². The number of amides is 4. The number of benzene rings is 2. The second-order valence-electron chi connectivity index (χ2n) is 12.3. The molecular formula is C33H48N4O6. The van der Waals surface area contributed by atoms with Gasteiger partial charge < -0.3 is 31.2 Å². The lowest BCUT2D eigenvalue weighted by atomic mass is 9.96. The quantitative estimate of drug-likeness (QED) is 0.242. The topological polar surface area (TPSA) is 149 Å². The summed E-state index contributed by atoms with van der Waals surface area (Å²) >= 11 is 0. The highest BCUT2D eigenvalue weighted by molar-refractivity contribution is 5.93. The summed E-state index contributed by atoms with van der Waals surface area (Å²) in [6.07, 6.45) is 0.329. The van der Waals surface area contributed by atoms with Crippen LogP contribution in [0.3, 0.4) is 0 Å². The van der Waals surface area contributed by atoms with Gasteiger partial charge in [-0.1, -0.05) is 76.6 Å². The van der Waals surface area contributed by atoms with E-state index in [9.17, 15) is 19.2 Å². The maximum atomic E-state index is 13.6. The van der Waals surface area contributed by atoms with Crippen LogP contribution in [-0.4, -0.2) is 47.5 Å². The molecule has 0 saturated heterocycles. The van der Waals surface area contributed by atoms with E-state index in [1.54, 1.807) is 32.9 Å². The summed E-state index contributed by atoms with van der Waals surface area (Å²) in [4.78, 5) is 51.6. The van der Waals surface area contributed by atoms with E-state index in [0.717, 1.165) is 11.1 Å². The summed E-state index contributed by atoms with van der Waals surface area (Å²) < 4.78 is 11.3. The van der Waals surface area contributed by atoms with Crippen molar-refractivity contribution >= 4 is 23.8 Å². The predicted octanol–water partition coefficient (Wildman–Crippen LogP) is 4.25. The van der Waals surface area contributed by atoms with Crippen molar-refractivity contribution in [2.45, 2.75) is 98.1 Å². The third-order valence-corrected chi connectivity index (χ3v) is 6.78. The number of carbonyl (C=O) groups excluding carboxylic acids is 4. The summed E-state index contributed by atoms with van der Waals surface area (Å²) in [6, 6.07) is 14.2. The van der Waals surface area contributed by atoms with Crippen molar-refractivity contribution in [1.82, 2.24) is 16.0 Å². The van der Waals surface area contributed by atoms with Crippen LogP contribution in [0.15, 0.2) is 54.6 Å². The normalized spacial score (nSPS) is 14.1. The van der Waals surface area contributed by atoms with Crippen molar-refractivity contribution in [3.05, 3.63) is 65.7 Å². The first kappa shape index (κ1) is 35.1. The molecule has 4 atom stereocenters. The average Bonchev–Trinajstić information content (AvgIpc) is 2.93. The van der Waals surface area contributed by atoms with Crippen LogP contribution in [0.2, 0.25) is 0 Å². The van der Waals surface area contributed by atoms with Crippen LogP contribution in [0.4, 0.5) is 4.79 Å². The number of hydrogen-bond donors (Lipinski definition) is 4. The molecule has 10 nitrogen and oxygen atoms in total. The van der Waals surface area contributed by atoms with E-state index in [4.69, 9.17) is 15.2 Å². The Morgan fingerprint density at radius 3 is 1.98 bits per heavy atom. The Hall–Kier alpha value is -4.08. The van der Waals surface area contributed by atoms with Crippen LogP contribution in [0.25, 0.3) is 0 Å². The van der Waals surface area contributed by atoms with E-state index >= 15 is 0 Å². The Balaban J connectivity index is 2.22. The van der Waals surface area contributed by atoms with Crippen LogP contribution < -0.4 is 26.4 Å². The first-order valence-corrected chi connectivity index (χ1v) is 14.8. The van der Waals surface area contributed by atoms with Crippen LogP contribution in [0.5, 0.6) is 5.75 Å². The third-order valence-electron chi connectivity index (χ3n) is 6.78. The van der Waals surface area contributed by atoms with Crippen LogP contribution in [0, 0.1) is 11.8 Å². The zero-order valence-corrected chi connectivity index (χ0v) is 26.4. The number of nitrogens with one attached hydrogen (secondary N) is 3. The number of carbonyl (C=O) groups is 4. The molecule has 4 amide bonds. The number of hydrogen-bond acceptors (Lipinski definition) is 6. The molecule has 2 rings (SSSR count). The zero-order chi connectivity index (χ0) is 32.2. The molecule has 0 saturated carbocycles. The maximum absolute atomic E-state index is 13.6. The van der Waals surface area contributed by atoms with Gasteiger partial charge in [0.1, 0.15) is 36.1 Å². The van der Waals surface area contributed by atoms with Gasteiger partial charge in [0.2, 0.25) is 17.7 Å². The van der Waals surface area contributed by atoms with Crippen LogP contribution in [0.1, 0.15) is 72.4 Å². The third kappa shape index (κ3) is 12.8. The summed E-state index contributed by atoms with van der Waals surface area (Å²) in [5.74, 6) is -1.20. The molecule has 0 aliphatic rings. The molecule has 0 fully saturated rings. The lowest BCUT2D eigenvalue weighted by Crippen LogP contribution is -2.58. The Morgan fingerprint density at radius 2 is 1.44 bits per heavy atom. The van der Waals surface area contributed by atoms with Crippen LogP contribution >= 0.6 is 0 Å². The predicted molar refractivity (Wildman–Crippen MR) is 166 cm³/mol. The maximum Gasteiger partial charge on any atom is 0.408 e. The first-order valence-electron chi connectivity index (χ1n) is 14.8. The van der Waals surface area contributed by atoms with Gasteiger partial charge in [0.25, 0.3) is 0 Å². The molecule has 0 heterocycles. The second kappa shape index (κ2) is 16.5. The summed E-state index contributed by atoms with van der Waals surface area (Å²) in [6.45, 7) is 13.2. The lowest BCUT2D eigenvalue weighted by molar-refractivity contribution is -0.133. The summed E-state index contributed by atoms with van der Waals surface area (Å²) in [5.41, 5.74) is 6.56. The van der Waals surface area contributed by atoms with E-state index in [0.29, 0.717) is 25.2 Å². The molecule has 10 heteroatoms.